The zero-order chi connectivity index (χ0) is 15.8. The molecule has 0 aliphatic rings. The molecular weight excluding hydrogens is 381 g/mol. The second-order valence-electron chi connectivity index (χ2n) is 4.60. The topological polar surface area (TPSA) is 46.2 Å². The van der Waals surface area contributed by atoms with Crippen LogP contribution in [0.4, 0.5) is 10.1 Å². The molecule has 3 nitrogen and oxygen atoms in total. The molecule has 0 aliphatic heterocycles. The van der Waals surface area contributed by atoms with Gasteiger partial charge in [-0.1, -0.05) is 17.7 Å². The Morgan fingerprint density at radius 2 is 1.81 bits per heavy atom. The van der Waals surface area contributed by atoms with Crippen molar-refractivity contribution >= 4 is 43.2 Å². The van der Waals surface area contributed by atoms with Gasteiger partial charge in [-0.15, -0.1) is 0 Å². The zero-order valence-corrected chi connectivity index (χ0v) is 14.4. The van der Waals surface area contributed by atoms with Crippen molar-refractivity contribution in [3.05, 3.63) is 56.8 Å². The van der Waals surface area contributed by atoms with E-state index < -0.39 is 15.8 Å². The largest absolute Gasteiger partial charge is 0.277 e. The van der Waals surface area contributed by atoms with Crippen molar-refractivity contribution in [3.63, 3.8) is 0 Å². The van der Waals surface area contributed by atoms with Crippen molar-refractivity contribution in [2.24, 2.45) is 0 Å². The number of halogens is 3. The minimum Gasteiger partial charge on any atom is -0.277 e. The predicted molar refractivity (Wildman–Crippen MR) is 85.8 cm³/mol. The number of sulfonamides is 1. The summed E-state index contributed by atoms with van der Waals surface area (Å²) in [5.74, 6) is -0.555. The first-order valence-corrected chi connectivity index (χ1v) is 8.61. The summed E-state index contributed by atoms with van der Waals surface area (Å²) < 4.78 is 40.5. The maximum Gasteiger partial charge on any atom is 0.261 e. The van der Waals surface area contributed by atoms with E-state index >= 15 is 0 Å². The molecule has 0 amide bonds. The van der Waals surface area contributed by atoms with Gasteiger partial charge in [0.15, 0.2) is 0 Å². The summed E-state index contributed by atoms with van der Waals surface area (Å²) in [5.41, 5.74) is 1.97. The van der Waals surface area contributed by atoms with Gasteiger partial charge in [0.05, 0.1) is 15.6 Å². The van der Waals surface area contributed by atoms with Gasteiger partial charge in [0.1, 0.15) is 5.82 Å². The van der Waals surface area contributed by atoms with Gasteiger partial charge >= 0.3 is 0 Å². The van der Waals surface area contributed by atoms with Crippen LogP contribution < -0.4 is 4.72 Å². The lowest BCUT2D eigenvalue weighted by Crippen LogP contribution is -2.14. The molecule has 1 N–H and O–H groups in total. The van der Waals surface area contributed by atoms with Crippen LogP contribution in [0.15, 0.2) is 39.7 Å². The first-order valence-electron chi connectivity index (χ1n) is 5.95. The lowest BCUT2D eigenvalue weighted by atomic mass is 10.1. The van der Waals surface area contributed by atoms with E-state index in [4.69, 9.17) is 11.6 Å². The average Bonchev–Trinajstić information content (AvgIpc) is 2.37. The molecule has 0 spiro atoms. The summed E-state index contributed by atoms with van der Waals surface area (Å²) in [6.45, 7) is 3.72. The standard InChI is InChI=1S/C14H12BrClFNO2S/c1-8-3-4-11(5-9(8)2)21(19,20)18-14-12(15)6-10(17)7-13(14)16/h3-7,18H,1-2H3. The van der Waals surface area contributed by atoms with Gasteiger partial charge in [-0.05, 0) is 65.2 Å². The molecule has 0 saturated heterocycles. The lowest BCUT2D eigenvalue weighted by Gasteiger charge is -2.12. The molecule has 0 unspecified atom stereocenters. The van der Waals surface area contributed by atoms with Crippen molar-refractivity contribution in [1.29, 1.82) is 0 Å². The van der Waals surface area contributed by atoms with E-state index in [0.29, 0.717) is 0 Å². The third-order valence-electron chi connectivity index (χ3n) is 3.03. The Labute approximate surface area is 136 Å². The molecule has 0 aromatic heterocycles. The van der Waals surface area contributed by atoms with Gasteiger partial charge in [-0.25, -0.2) is 12.8 Å². The molecule has 21 heavy (non-hydrogen) atoms. The first kappa shape index (κ1) is 16.3. The second-order valence-corrected chi connectivity index (χ2v) is 7.54. The lowest BCUT2D eigenvalue weighted by molar-refractivity contribution is 0.601. The Bertz CT molecular complexity index is 786. The second kappa shape index (κ2) is 5.94. The summed E-state index contributed by atoms with van der Waals surface area (Å²) in [5, 5.41) is -0.0192. The van der Waals surface area contributed by atoms with Gasteiger partial charge in [-0.2, -0.15) is 0 Å². The van der Waals surface area contributed by atoms with Crippen molar-refractivity contribution in [2.45, 2.75) is 18.7 Å². The van der Waals surface area contributed by atoms with E-state index in [0.717, 1.165) is 23.3 Å². The summed E-state index contributed by atoms with van der Waals surface area (Å²) in [6, 6.07) is 7.00. The fourth-order valence-electron chi connectivity index (χ4n) is 1.71. The summed E-state index contributed by atoms with van der Waals surface area (Å²) in [6.07, 6.45) is 0. The van der Waals surface area contributed by atoms with E-state index in [1.54, 1.807) is 12.1 Å². The summed E-state index contributed by atoms with van der Waals surface area (Å²) >= 11 is 8.99. The van der Waals surface area contributed by atoms with Crippen LogP contribution in [0.1, 0.15) is 11.1 Å². The Balaban J connectivity index is 2.44. The van der Waals surface area contributed by atoms with E-state index in [1.165, 1.54) is 6.07 Å². The minimum atomic E-state index is -3.80. The number of hydrogen-bond acceptors (Lipinski definition) is 2. The molecule has 0 heterocycles. The smallest absolute Gasteiger partial charge is 0.261 e. The molecule has 0 saturated carbocycles. The molecule has 0 aliphatic carbocycles. The molecule has 2 aromatic rings. The third kappa shape index (κ3) is 3.56. The maximum atomic E-state index is 13.2. The SMILES string of the molecule is Cc1ccc(S(=O)(=O)Nc2c(Cl)cc(F)cc2Br)cc1C. The maximum absolute atomic E-state index is 13.2. The van der Waals surface area contributed by atoms with Crippen molar-refractivity contribution in [3.8, 4) is 0 Å². The van der Waals surface area contributed by atoms with Crippen LogP contribution in [0.2, 0.25) is 5.02 Å². The van der Waals surface area contributed by atoms with Crippen LogP contribution in [0.5, 0.6) is 0 Å². The normalized spacial score (nSPS) is 11.5. The number of nitrogens with one attached hydrogen (secondary N) is 1. The van der Waals surface area contributed by atoms with Gasteiger partial charge < -0.3 is 0 Å². The number of rotatable bonds is 3. The highest BCUT2D eigenvalue weighted by Crippen LogP contribution is 2.33. The van der Waals surface area contributed by atoms with E-state index in [1.807, 2.05) is 13.8 Å². The van der Waals surface area contributed by atoms with Crippen molar-refractivity contribution < 1.29 is 12.8 Å². The van der Waals surface area contributed by atoms with Crippen LogP contribution >= 0.6 is 27.5 Å². The number of benzene rings is 2. The predicted octanol–water partition coefficient (Wildman–Crippen LogP) is 4.66. The molecule has 7 heteroatoms. The zero-order valence-electron chi connectivity index (χ0n) is 11.2. The monoisotopic (exact) mass is 391 g/mol. The van der Waals surface area contributed by atoms with Crippen LogP contribution in [-0.4, -0.2) is 8.42 Å². The Morgan fingerprint density at radius 1 is 1.14 bits per heavy atom. The van der Waals surface area contributed by atoms with Crippen molar-refractivity contribution in [1.82, 2.24) is 0 Å². The summed E-state index contributed by atoms with van der Waals surface area (Å²) in [7, 11) is -3.80. The van der Waals surface area contributed by atoms with Crippen LogP contribution in [0.25, 0.3) is 0 Å². The van der Waals surface area contributed by atoms with E-state index in [-0.39, 0.29) is 20.1 Å². The van der Waals surface area contributed by atoms with Crippen LogP contribution in [-0.2, 0) is 10.0 Å². The quantitative estimate of drug-likeness (QED) is 0.826. The molecule has 112 valence electrons. The highest BCUT2D eigenvalue weighted by Gasteiger charge is 2.18. The van der Waals surface area contributed by atoms with E-state index in [2.05, 4.69) is 20.7 Å². The molecule has 0 radical (unpaired) electrons. The Hall–Kier alpha value is -1.11. The highest BCUT2D eigenvalue weighted by atomic mass is 79.9. The molecule has 0 fully saturated rings. The average molecular weight is 393 g/mol. The minimum absolute atomic E-state index is 0.0192. The Kier molecular flexibility index (Phi) is 4.60. The number of anilines is 1. The fraction of sp³-hybridized carbons (Fsp3) is 0.143. The molecule has 0 bridgehead atoms. The van der Waals surface area contributed by atoms with Crippen LogP contribution in [0.3, 0.4) is 0 Å². The Morgan fingerprint density at radius 3 is 2.38 bits per heavy atom. The molecule has 2 aromatic carbocycles. The van der Waals surface area contributed by atoms with Gasteiger partial charge in [0, 0.05) is 4.47 Å². The first-order chi connectivity index (χ1) is 9.70. The number of hydrogen-bond donors (Lipinski definition) is 1. The summed E-state index contributed by atoms with van der Waals surface area (Å²) in [4.78, 5) is 0.123. The number of aryl methyl sites for hydroxylation is 2. The third-order valence-corrected chi connectivity index (χ3v) is 5.30. The van der Waals surface area contributed by atoms with E-state index in [9.17, 15) is 12.8 Å². The molecular formula is C14H12BrClFNO2S. The fourth-order valence-corrected chi connectivity index (χ4v) is 3.99. The van der Waals surface area contributed by atoms with Gasteiger partial charge in [0.2, 0.25) is 0 Å². The molecule has 2 rings (SSSR count). The highest BCUT2D eigenvalue weighted by molar-refractivity contribution is 9.10. The van der Waals surface area contributed by atoms with Gasteiger partial charge in [0.25, 0.3) is 10.0 Å². The van der Waals surface area contributed by atoms with Crippen LogP contribution in [0, 0.1) is 19.7 Å². The molecule has 0 atom stereocenters. The van der Waals surface area contributed by atoms with Gasteiger partial charge in [-0.3, -0.25) is 4.72 Å². The van der Waals surface area contributed by atoms with Crippen molar-refractivity contribution in [2.75, 3.05) is 4.72 Å².